The molecule has 0 atom stereocenters. The number of fused-ring (bicyclic) bond motifs is 1. The summed E-state index contributed by atoms with van der Waals surface area (Å²) in [5.41, 5.74) is 1.65. The van der Waals surface area contributed by atoms with E-state index in [1.807, 2.05) is 13.0 Å². The number of hydrogen-bond acceptors (Lipinski definition) is 4. The van der Waals surface area contributed by atoms with Crippen LogP contribution in [-0.4, -0.2) is 41.3 Å². The number of piperidine rings is 1. The topological polar surface area (TPSA) is 47.6 Å². The molecule has 1 aromatic heterocycles. The molecule has 0 amide bonds. The second-order valence-corrected chi connectivity index (χ2v) is 7.66. The molecule has 0 bridgehead atoms. The normalized spacial score (nSPS) is 21.7. The van der Waals surface area contributed by atoms with Gasteiger partial charge >= 0.3 is 5.76 Å². The van der Waals surface area contributed by atoms with Crippen LogP contribution in [0.15, 0.2) is 21.3 Å². The van der Waals surface area contributed by atoms with Crippen molar-refractivity contribution < 1.29 is 13.5 Å². The van der Waals surface area contributed by atoms with Gasteiger partial charge in [-0.2, -0.15) is 0 Å². The molecule has 1 aromatic carbocycles. The molecule has 7 heteroatoms. The van der Waals surface area contributed by atoms with Crippen LogP contribution in [0.5, 0.6) is 0 Å². The summed E-state index contributed by atoms with van der Waals surface area (Å²) < 4.78 is 26.5. The van der Waals surface area contributed by atoms with Gasteiger partial charge in [0.25, 0.3) is 0 Å². The molecule has 3 heterocycles. The summed E-state index contributed by atoms with van der Waals surface area (Å²) in [4.78, 5) is 14.9. The van der Waals surface area contributed by atoms with Crippen LogP contribution in [0, 0.1) is 12.7 Å². The molecule has 2 aliphatic heterocycles. The van der Waals surface area contributed by atoms with E-state index in [-0.39, 0.29) is 29.6 Å². The van der Waals surface area contributed by atoms with Crippen LogP contribution in [0.3, 0.4) is 0 Å². The molecule has 0 aliphatic carbocycles. The minimum atomic E-state index is -0.460. The van der Waals surface area contributed by atoms with Gasteiger partial charge in [0.2, 0.25) is 0 Å². The summed E-state index contributed by atoms with van der Waals surface area (Å²) >= 11 is 0. The molecule has 0 saturated carbocycles. The molecule has 2 aliphatic rings. The van der Waals surface area contributed by atoms with Crippen molar-refractivity contribution in [2.24, 2.45) is 0 Å². The molecular formula is C19H26ClFN2O3. The molecule has 0 spiro atoms. The molecule has 5 nitrogen and oxygen atoms in total. The first kappa shape index (κ1) is 19.4. The van der Waals surface area contributed by atoms with Crippen molar-refractivity contribution in [2.45, 2.75) is 51.1 Å². The second kappa shape index (κ2) is 7.33. The Morgan fingerprint density at radius 2 is 1.85 bits per heavy atom. The van der Waals surface area contributed by atoms with Crippen molar-refractivity contribution >= 4 is 23.5 Å². The lowest BCUT2D eigenvalue weighted by atomic mass is 9.87. The predicted octanol–water partition coefficient (Wildman–Crippen LogP) is 3.67. The van der Waals surface area contributed by atoms with Gasteiger partial charge in [-0.15, -0.1) is 12.4 Å². The fourth-order valence-electron chi connectivity index (χ4n) is 4.36. The van der Waals surface area contributed by atoms with E-state index in [2.05, 4.69) is 11.8 Å². The van der Waals surface area contributed by atoms with E-state index in [1.165, 1.54) is 6.07 Å². The SMILES string of the molecule is Cc1cc(F)c2oc(=O)n(C3CCN(C4(C)CCOCC4)CC3)c2c1.Cl. The average molecular weight is 385 g/mol. The van der Waals surface area contributed by atoms with Gasteiger partial charge in [-0.25, -0.2) is 9.18 Å². The molecule has 26 heavy (non-hydrogen) atoms. The number of aromatic nitrogens is 1. The Kier molecular flexibility index (Phi) is 5.47. The molecule has 0 N–H and O–H groups in total. The molecule has 144 valence electrons. The number of hydrogen-bond donors (Lipinski definition) is 0. The number of halogens is 2. The highest BCUT2D eigenvalue weighted by molar-refractivity contribution is 5.85. The van der Waals surface area contributed by atoms with Crippen LogP contribution in [-0.2, 0) is 4.74 Å². The van der Waals surface area contributed by atoms with Gasteiger partial charge in [0.1, 0.15) is 0 Å². The number of ether oxygens (including phenoxy) is 1. The van der Waals surface area contributed by atoms with Crippen LogP contribution >= 0.6 is 12.4 Å². The summed E-state index contributed by atoms with van der Waals surface area (Å²) in [5, 5.41) is 0. The monoisotopic (exact) mass is 384 g/mol. The van der Waals surface area contributed by atoms with Crippen molar-refractivity contribution in [1.29, 1.82) is 0 Å². The van der Waals surface area contributed by atoms with E-state index in [0.717, 1.165) is 57.6 Å². The highest BCUT2D eigenvalue weighted by atomic mass is 35.5. The Balaban J connectivity index is 0.00000196. The second-order valence-electron chi connectivity index (χ2n) is 7.66. The van der Waals surface area contributed by atoms with E-state index < -0.39 is 11.6 Å². The maximum atomic E-state index is 14.1. The number of nitrogens with zero attached hydrogens (tertiary/aromatic N) is 2. The minimum absolute atomic E-state index is 0. The van der Waals surface area contributed by atoms with Gasteiger partial charge in [-0.1, -0.05) is 0 Å². The molecule has 2 aromatic rings. The van der Waals surface area contributed by atoms with Crippen LogP contribution in [0.2, 0.25) is 0 Å². The van der Waals surface area contributed by atoms with Crippen LogP contribution in [0.1, 0.15) is 44.2 Å². The summed E-state index contributed by atoms with van der Waals surface area (Å²) in [6, 6.07) is 3.31. The summed E-state index contributed by atoms with van der Waals surface area (Å²) in [6.07, 6.45) is 3.86. The van der Waals surface area contributed by atoms with Crippen molar-refractivity contribution in [3.63, 3.8) is 0 Å². The maximum Gasteiger partial charge on any atom is 0.420 e. The quantitative estimate of drug-likeness (QED) is 0.792. The third-order valence-electron chi connectivity index (χ3n) is 5.98. The minimum Gasteiger partial charge on any atom is -0.405 e. The van der Waals surface area contributed by atoms with Gasteiger partial charge in [0.05, 0.1) is 5.52 Å². The van der Waals surface area contributed by atoms with Gasteiger partial charge in [0, 0.05) is 37.9 Å². The first-order valence-electron chi connectivity index (χ1n) is 9.12. The summed E-state index contributed by atoms with van der Waals surface area (Å²) in [7, 11) is 0. The van der Waals surface area contributed by atoms with Gasteiger partial charge in [-0.05, 0) is 57.2 Å². The van der Waals surface area contributed by atoms with E-state index in [9.17, 15) is 9.18 Å². The van der Waals surface area contributed by atoms with Crippen molar-refractivity contribution in [1.82, 2.24) is 9.47 Å². The Bertz CT molecular complexity index is 833. The molecule has 4 rings (SSSR count). The molecular weight excluding hydrogens is 359 g/mol. The van der Waals surface area contributed by atoms with Crippen LogP contribution < -0.4 is 5.76 Å². The Morgan fingerprint density at radius 1 is 1.19 bits per heavy atom. The highest BCUT2D eigenvalue weighted by Crippen LogP contribution is 2.34. The number of rotatable bonds is 2. The number of aryl methyl sites for hydroxylation is 1. The average Bonchev–Trinajstić information content (AvgIpc) is 2.92. The van der Waals surface area contributed by atoms with Gasteiger partial charge in [-0.3, -0.25) is 9.47 Å². The zero-order valence-corrected chi connectivity index (χ0v) is 16.1. The van der Waals surface area contributed by atoms with Crippen molar-refractivity contribution in [2.75, 3.05) is 26.3 Å². The lowest BCUT2D eigenvalue weighted by molar-refractivity contribution is -0.0313. The Labute approximate surface area is 158 Å². The maximum absolute atomic E-state index is 14.1. The zero-order chi connectivity index (χ0) is 17.6. The highest BCUT2D eigenvalue weighted by Gasteiger charge is 2.37. The number of benzene rings is 1. The van der Waals surface area contributed by atoms with Gasteiger partial charge in [0.15, 0.2) is 11.4 Å². The van der Waals surface area contributed by atoms with E-state index in [0.29, 0.717) is 5.52 Å². The van der Waals surface area contributed by atoms with Crippen molar-refractivity contribution in [3.05, 3.63) is 34.1 Å². The first-order valence-corrected chi connectivity index (χ1v) is 9.12. The van der Waals surface area contributed by atoms with Crippen molar-refractivity contribution in [3.8, 4) is 0 Å². The van der Waals surface area contributed by atoms with Crippen LogP contribution in [0.4, 0.5) is 4.39 Å². The van der Waals surface area contributed by atoms with Crippen LogP contribution in [0.25, 0.3) is 11.1 Å². The largest absolute Gasteiger partial charge is 0.420 e. The smallest absolute Gasteiger partial charge is 0.405 e. The van der Waals surface area contributed by atoms with E-state index in [4.69, 9.17) is 9.15 Å². The predicted molar refractivity (Wildman–Crippen MR) is 101 cm³/mol. The fourth-order valence-corrected chi connectivity index (χ4v) is 4.36. The summed E-state index contributed by atoms with van der Waals surface area (Å²) in [6.45, 7) is 7.66. The summed E-state index contributed by atoms with van der Waals surface area (Å²) in [5.74, 6) is -0.909. The van der Waals surface area contributed by atoms with E-state index >= 15 is 0 Å². The molecule has 0 unspecified atom stereocenters. The Hall–Kier alpha value is -1.37. The molecule has 2 fully saturated rings. The third-order valence-corrected chi connectivity index (χ3v) is 5.98. The lowest BCUT2D eigenvalue weighted by Crippen LogP contribution is -2.53. The number of oxazole rings is 1. The van der Waals surface area contributed by atoms with E-state index in [1.54, 1.807) is 4.57 Å². The fraction of sp³-hybridized carbons (Fsp3) is 0.632. The third kappa shape index (κ3) is 3.30. The zero-order valence-electron chi connectivity index (χ0n) is 15.3. The van der Waals surface area contributed by atoms with Gasteiger partial charge < -0.3 is 9.15 Å². The first-order chi connectivity index (χ1) is 12.0. The Morgan fingerprint density at radius 3 is 2.50 bits per heavy atom. The lowest BCUT2D eigenvalue weighted by Gasteiger charge is -2.47. The number of likely N-dealkylation sites (tertiary alicyclic amines) is 1. The molecule has 0 radical (unpaired) electrons. The molecule has 2 saturated heterocycles. The standard InChI is InChI=1S/C19H25FN2O3.ClH/c1-13-11-15(20)17-16(12-13)22(18(23)25-17)14-3-7-21(8-4-14)19(2)5-9-24-10-6-19;/h11-12,14H,3-10H2,1-2H3;1H.